The first-order valence-corrected chi connectivity index (χ1v) is 6.18. The van der Waals surface area contributed by atoms with Gasteiger partial charge in [0.2, 0.25) is 5.91 Å². The summed E-state index contributed by atoms with van der Waals surface area (Å²) < 4.78 is 13.9. The minimum absolute atomic E-state index is 0.0214. The molecule has 1 aliphatic heterocycles. The number of piperidine rings is 1. The average Bonchev–Trinajstić information content (AvgIpc) is 2.27. The van der Waals surface area contributed by atoms with Crippen molar-refractivity contribution >= 4 is 21.8 Å². The number of hydrogen-bond acceptors (Lipinski definition) is 1. The lowest BCUT2D eigenvalue weighted by Gasteiger charge is -2.22. The zero-order valence-electron chi connectivity index (χ0n) is 8.80. The summed E-state index contributed by atoms with van der Waals surface area (Å²) in [5, 5.41) is 2.84. The van der Waals surface area contributed by atoms with Crippen LogP contribution in [0.5, 0.6) is 0 Å². The Labute approximate surface area is 102 Å². The van der Waals surface area contributed by atoms with Crippen LogP contribution in [0.2, 0.25) is 0 Å². The molecule has 0 spiro atoms. The van der Waals surface area contributed by atoms with Crippen LogP contribution < -0.4 is 5.32 Å². The Morgan fingerprint density at radius 1 is 1.50 bits per heavy atom. The number of hydrogen-bond donors (Lipinski definition) is 1. The van der Waals surface area contributed by atoms with Gasteiger partial charge in [0.1, 0.15) is 5.82 Å². The molecule has 0 aliphatic carbocycles. The van der Waals surface area contributed by atoms with E-state index in [0.29, 0.717) is 6.42 Å². The summed E-state index contributed by atoms with van der Waals surface area (Å²) >= 11 is 3.38. The van der Waals surface area contributed by atoms with Crippen LogP contribution in [0.25, 0.3) is 0 Å². The molecule has 0 bridgehead atoms. The van der Waals surface area contributed by atoms with Crippen molar-refractivity contribution in [2.24, 2.45) is 5.92 Å². The second-order valence-corrected chi connectivity index (χ2v) is 4.92. The number of nitrogens with one attached hydrogen (secondary N) is 1. The lowest BCUT2D eigenvalue weighted by molar-refractivity contribution is -0.126. The summed E-state index contributed by atoms with van der Waals surface area (Å²) in [6, 6.07) is 4.59. The highest BCUT2D eigenvalue weighted by molar-refractivity contribution is 9.10. The standard InChI is InChI=1S/C12H13BrFNO/c13-11-4-3-10(14)7-9(11)6-8-2-1-5-15-12(8)16/h3-4,7-8H,1-2,5-6H2,(H,15,16). The minimum Gasteiger partial charge on any atom is -0.356 e. The number of halogens is 2. The monoisotopic (exact) mass is 285 g/mol. The lowest BCUT2D eigenvalue weighted by Crippen LogP contribution is -2.37. The van der Waals surface area contributed by atoms with Crippen molar-refractivity contribution in [3.8, 4) is 0 Å². The molecular formula is C12H13BrFNO. The fourth-order valence-electron chi connectivity index (χ4n) is 2.00. The molecule has 1 aromatic rings. The van der Waals surface area contributed by atoms with E-state index in [2.05, 4.69) is 21.2 Å². The summed E-state index contributed by atoms with van der Waals surface area (Å²) in [4.78, 5) is 11.6. The van der Waals surface area contributed by atoms with Gasteiger partial charge in [-0.1, -0.05) is 15.9 Å². The largest absolute Gasteiger partial charge is 0.356 e. The van der Waals surface area contributed by atoms with E-state index >= 15 is 0 Å². The summed E-state index contributed by atoms with van der Waals surface area (Å²) in [5.41, 5.74) is 0.863. The van der Waals surface area contributed by atoms with Gasteiger partial charge < -0.3 is 5.32 Å². The van der Waals surface area contributed by atoms with E-state index in [1.54, 1.807) is 6.07 Å². The molecule has 1 heterocycles. The van der Waals surface area contributed by atoms with Crippen LogP contribution in [-0.4, -0.2) is 12.5 Å². The van der Waals surface area contributed by atoms with E-state index in [4.69, 9.17) is 0 Å². The second kappa shape index (κ2) is 4.95. The summed E-state index contributed by atoms with van der Waals surface area (Å²) in [5.74, 6) is -0.191. The van der Waals surface area contributed by atoms with Crippen LogP contribution >= 0.6 is 15.9 Å². The van der Waals surface area contributed by atoms with Crippen LogP contribution in [0, 0.1) is 11.7 Å². The van der Waals surface area contributed by atoms with Crippen molar-refractivity contribution < 1.29 is 9.18 Å². The van der Waals surface area contributed by atoms with Gasteiger partial charge in [0.15, 0.2) is 0 Å². The molecule has 0 saturated carbocycles. The van der Waals surface area contributed by atoms with Crippen LogP contribution in [-0.2, 0) is 11.2 Å². The molecule has 1 atom stereocenters. The summed E-state index contributed by atoms with van der Waals surface area (Å²) in [6.45, 7) is 0.764. The highest BCUT2D eigenvalue weighted by Crippen LogP contribution is 2.24. The van der Waals surface area contributed by atoms with E-state index in [1.165, 1.54) is 12.1 Å². The maximum Gasteiger partial charge on any atom is 0.223 e. The first-order valence-electron chi connectivity index (χ1n) is 5.38. The summed E-state index contributed by atoms with van der Waals surface area (Å²) in [6.07, 6.45) is 2.49. The highest BCUT2D eigenvalue weighted by Gasteiger charge is 2.22. The smallest absolute Gasteiger partial charge is 0.223 e. The van der Waals surface area contributed by atoms with Crippen LogP contribution in [0.15, 0.2) is 22.7 Å². The quantitative estimate of drug-likeness (QED) is 0.889. The fourth-order valence-corrected chi connectivity index (χ4v) is 2.40. The Hall–Kier alpha value is -0.900. The number of carbonyl (C=O) groups is 1. The second-order valence-electron chi connectivity index (χ2n) is 4.07. The van der Waals surface area contributed by atoms with Gasteiger partial charge in [0.25, 0.3) is 0 Å². The van der Waals surface area contributed by atoms with Crippen molar-refractivity contribution in [3.05, 3.63) is 34.1 Å². The third-order valence-electron chi connectivity index (χ3n) is 2.87. The van der Waals surface area contributed by atoms with Crippen molar-refractivity contribution in [2.75, 3.05) is 6.54 Å². The third-order valence-corrected chi connectivity index (χ3v) is 3.65. The van der Waals surface area contributed by atoms with Gasteiger partial charge in [-0.05, 0) is 43.0 Å². The van der Waals surface area contributed by atoms with E-state index in [0.717, 1.165) is 29.4 Å². The fraction of sp³-hybridized carbons (Fsp3) is 0.417. The van der Waals surface area contributed by atoms with Crippen LogP contribution in [0.1, 0.15) is 18.4 Å². The van der Waals surface area contributed by atoms with E-state index in [9.17, 15) is 9.18 Å². The molecule has 2 rings (SSSR count). The minimum atomic E-state index is -0.255. The van der Waals surface area contributed by atoms with Crippen molar-refractivity contribution in [2.45, 2.75) is 19.3 Å². The van der Waals surface area contributed by atoms with E-state index in [1.807, 2.05) is 0 Å². The molecule has 86 valence electrons. The molecule has 1 aliphatic rings. The predicted octanol–water partition coefficient (Wildman–Crippen LogP) is 2.66. The molecule has 1 fully saturated rings. The molecule has 4 heteroatoms. The van der Waals surface area contributed by atoms with Crippen molar-refractivity contribution in [1.29, 1.82) is 0 Å². The number of benzene rings is 1. The van der Waals surface area contributed by atoms with Crippen molar-refractivity contribution in [3.63, 3.8) is 0 Å². The van der Waals surface area contributed by atoms with Gasteiger partial charge >= 0.3 is 0 Å². The molecule has 0 radical (unpaired) electrons. The van der Waals surface area contributed by atoms with Gasteiger partial charge in [-0.25, -0.2) is 4.39 Å². The average molecular weight is 286 g/mol. The molecule has 16 heavy (non-hydrogen) atoms. The first kappa shape index (κ1) is 11.6. The van der Waals surface area contributed by atoms with Crippen molar-refractivity contribution in [1.82, 2.24) is 5.32 Å². The molecule has 1 amide bonds. The SMILES string of the molecule is O=C1NCCCC1Cc1cc(F)ccc1Br. The molecule has 1 aromatic carbocycles. The molecule has 1 saturated heterocycles. The molecule has 1 N–H and O–H groups in total. The molecule has 2 nitrogen and oxygen atoms in total. The zero-order chi connectivity index (χ0) is 11.5. The molecule has 0 aromatic heterocycles. The normalized spacial score (nSPS) is 20.6. The topological polar surface area (TPSA) is 29.1 Å². The van der Waals surface area contributed by atoms with E-state index < -0.39 is 0 Å². The van der Waals surface area contributed by atoms with Crippen LogP contribution in [0.4, 0.5) is 4.39 Å². The maximum absolute atomic E-state index is 13.1. The number of carbonyl (C=O) groups excluding carboxylic acids is 1. The van der Waals surface area contributed by atoms with Crippen LogP contribution in [0.3, 0.4) is 0 Å². The predicted molar refractivity (Wildman–Crippen MR) is 63.5 cm³/mol. The first-order chi connectivity index (χ1) is 7.66. The highest BCUT2D eigenvalue weighted by atomic mass is 79.9. The Morgan fingerprint density at radius 3 is 3.06 bits per heavy atom. The third kappa shape index (κ3) is 2.61. The number of amides is 1. The Morgan fingerprint density at radius 2 is 2.31 bits per heavy atom. The van der Waals surface area contributed by atoms with Gasteiger partial charge in [-0.15, -0.1) is 0 Å². The zero-order valence-corrected chi connectivity index (χ0v) is 10.4. The van der Waals surface area contributed by atoms with Gasteiger partial charge in [-0.3, -0.25) is 4.79 Å². The number of rotatable bonds is 2. The van der Waals surface area contributed by atoms with E-state index in [-0.39, 0.29) is 17.6 Å². The Bertz CT molecular complexity index is 408. The van der Waals surface area contributed by atoms with Gasteiger partial charge in [0.05, 0.1) is 0 Å². The maximum atomic E-state index is 13.1. The van der Waals surface area contributed by atoms with Gasteiger partial charge in [0, 0.05) is 16.9 Å². The summed E-state index contributed by atoms with van der Waals surface area (Å²) in [7, 11) is 0. The Kier molecular flexibility index (Phi) is 3.59. The molecule has 1 unspecified atom stereocenters. The molecular weight excluding hydrogens is 273 g/mol. The van der Waals surface area contributed by atoms with Gasteiger partial charge in [-0.2, -0.15) is 0 Å². The lowest BCUT2D eigenvalue weighted by atomic mass is 9.91. The Balaban J connectivity index is 2.13.